The fraction of sp³-hybridized carbons (Fsp3) is 0.312. The maximum Gasteiger partial charge on any atom is 0.129 e. The molecule has 1 N–H and O–H groups in total. The predicted molar refractivity (Wildman–Crippen MR) is 83.2 cm³/mol. The van der Waals surface area contributed by atoms with Crippen LogP contribution in [0.1, 0.15) is 18.1 Å². The number of pyridine rings is 1. The van der Waals surface area contributed by atoms with Crippen LogP contribution >= 0.6 is 11.6 Å². The van der Waals surface area contributed by atoms with E-state index in [-0.39, 0.29) is 0 Å². The number of methoxy groups -OCH3 is 1. The molecule has 0 spiro atoms. The Morgan fingerprint density at radius 2 is 1.76 bits per heavy atom. The maximum atomic E-state index is 9.94. The van der Waals surface area contributed by atoms with E-state index in [0.717, 1.165) is 16.9 Å². The number of hydrogen-bond donors (Lipinski definition) is 1. The summed E-state index contributed by atoms with van der Waals surface area (Å²) in [7, 11) is 1.64. The molecule has 0 aliphatic carbocycles. The molecule has 21 heavy (non-hydrogen) atoms. The minimum atomic E-state index is -0.553. The van der Waals surface area contributed by atoms with Crippen LogP contribution in [0.5, 0.6) is 5.75 Å². The maximum absolute atomic E-state index is 9.94. The highest BCUT2D eigenvalue weighted by molar-refractivity contribution is 6.29. The van der Waals surface area contributed by atoms with Gasteiger partial charge in [0.25, 0.3) is 0 Å². The lowest BCUT2D eigenvalue weighted by Gasteiger charge is -2.25. The van der Waals surface area contributed by atoms with Gasteiger partial charge in [-0.25, -0.2) is 4.98 Å². The first-order valence-electron chi connectivity index (χ1n) is 6.74. The van der Waals surface area contributed by atoms with Crippen LogP contribution in [0.25, 0.3) is 0 Å². The van der Waals surface area contributed by atoms with Gasteiger partial charge in [-0.1, -0.05) is 29.8 Å². The molecule has 1 unspecified atom stereocenters. The second-order valence-corrected chi connectivity index (χ2v) is 5.26. The standard InChI is InChI=1S/C16H19ClN2O2/c1-12(20)19(11-14-5-8-16(17)18-9-14)10-13-3-6-15(21-2)7-4-13/h3-9,12,20H,10-11H2,1-2H3. The van der Waals surface area contributed by atoms with E-state index in [0.29, 0.717) is 18.2 Å². The molecule has 0 bridgehead atoms. The fourth-order valence-corrected chi connectivity index (χ4v) is 2.13. The van der Waals surface area contributed by atoms with E-state index in [1.54, 1.807) is 26.3 Å². The summed E-state index contributed by atoms with van der Waals surface area (Å²) in [5.41, 5.74) is 2.12. The van der Waals surface area contributed by atoms with Gasteiger partial charge in [0, 0.05) is 19.3 Å². The van der Waals surface area contributed by atoms with Gasteiger partial charge in [0.1, 0.15) is 17.1 Å². The normalized spacial score (nSPS) is 12.4. The van der Waals surface area contributed by atoms with Gasteiger partial charge in [-0.3, -0.25) is 4.90 Å². The SMILES string of the molecule is COc1ccc(CN(Cc2ccc(Cl)nc2)C(C)O)cc1. The summed E-state index contributed by atoms with van der Waals surface area (Å²) in [5.74, 6) is 0.823. The number of halogens is 1. The molecule has 4 nitrogen and oxygen atoms in total. The molecule has 112 valence electrons. The van der Waals surface area contributed by atoms with Gasteiger partial charge in [-0.15, -0.1) is 0 Å². The van der Waals surface area contributed by atoms with Crippen molar-refractivity contribution in [2.24, 2.45) is 0 Å². The summed E-state index contributed by atoms with van der Waals surface area (Å²) >= 11 is 5.78. The molecule has 0 saturated carbocycles. The molecule has 1 aromatic heterocycles. The highest BCUT2D eigenvalue weighted by Crippen LogP contribution is 2.16. The molecule has 2 aromatic rings. The monoisotopic (exact) mass is 306 g/mol. The van der Waals surface area contributed by atoms with Gasteiger partial charge in [0.15, 0.2) is 0 Å². The summed E-state index contributed by atoms with van der Waals surface area (Å²) in [6, 6.07) is 11.5. The topological polar surface area (TPSA) is 45.6 Å². The van der Waals surface area contributed by atoms with Gasteiger partial charge in [0.05, 0.1) is 7.11 Å². The Hall–Kier alpha value is -1.62. The first-order valence-corrected chi connectivity index (χ1v) is 7.12. The smallest absolute Gasteiger partial charge is 0.129 e. The Balaban J connectivity index is 2.06. The number of nitrogens with zero attached hydrogens (tertiary/aromatic N) is 2. The van der Waals surface area contributed by atoms with E-state index in [1.807, 2.05) is 35.2 Å². The number of aliphatic hydroxyl groups excluding tert-OH is 1. The largest absolute Gasteiger partial charge is 0.497 e. The van der Waals surface area contributed by atoms with Crippen molar-refractivity contribution in [1.82, 2.24) is 9.88 Å². The lowest BCUT2D eigenvalue weighted by Crippen LogP contribution is -2.31. The van der Waals surface area contributed by atoms with Crippen molar-refractivity contribution in [1.29, 1.82) is 0 Å². The third-order valence-electron chi connectivity index (χ3n) is 3.25. The average Bonchev–Trinajstić information content (AvgIpc) is 2.49. The number of aromatic nitrogens is 1. The Labute approximate surface area is 130 Å². The molecule has 2 rings (SSSR count). The molecule has 1 atom stereocenters. The van der Waals surface area contributed by atoms with Crippen LogP contribution in [0.3, 0.4) is 0 Å². The van der Waals surface area contributed by atoms with Crippen LogP contribution in [0.2, 0.25) is 5.15 Å². The molecule has 0 radical (unpaired) electrons. The highest BCUT2D eigenvalue weighted by atomic mass is 35.5. The second-order valence-electron chi connectivity index (χ2n) is 4.87. The zero-order chi connectivity index (χ0) is 15.2. The first kappa shape index (κ1) is 15.8. The molecule has 1 heterocycles. The average molecular weight is 307 g/mol. The number of ether oxygens (including phenoxy) is 1. The van der Waals surface area contributed by atoms with Crippen LogP contribution < -0.4 is 4.74 Å². The van der Waals surface area contributed by atoms with Gasteiger partial charge in [-0.05, 0) is 36.2 Å². The van der Waals surface area contributed by atoms with Gasteiger partial charge >= 0.3 is 0 Å². The van der Waals surface area contributed by atoms with E-state index in [4.69, 9.17) is 16.3 Å². The molecule has 0 amide bonds. The Bertz CT molecular complexity index is 555. The molecule has 0 aliphatic rings. The zero-order valence-electron chi connectivity index (χ0n) is 12.2. The van der Waals surface area contributed by atoms with Crippen molar-refractivity contribution in [2.75, 3.05) is 7.11 Å². The highest BCUT2D eigenvalue weighted by Gasteiger charge is 2.12. The quantitative estimate of drug-likeness (QED) is 0.658. The first-order chi connectivity index (χ1) is 10.1. The predicted octanol–water partition coefficient (Wildman–Crippen LogP) is 3.08. The van der Waals surface area contributed by atoms with E-state index in [9.17, 15) is 5.11 Å². The lowest BCUT2D eigenvalue weighted by molar-refractivity contribution is 0.00640. The summed E-state index contributed by atoms with van der Waals surface area (Å²) in [6.07, 6.45) is 1.17. The van der Waals surface area contributed by atoms with Crippen molar-refractivity contribution in [2.45, 2.75) is 26.2 Å². The van der Waals surface area contributed by atoms with Crippen LogP contribution in [-0.4, -0.2) is 28.3 Å². The van der Waals surface area contributed by atoms with Gasteiger partial charge < -0.3 is 9.84 Å². The van der Waals surface area contributed by atoms with Gasteiger partial charge in [-0.2, -0.15) is 0 Å². The number of benzene rings is 1. The lowest BCUT2D eigenvalue weighted by atomic mass is 10.2. The van der Waals surface area contributed by atoms with Crippen LogP contribution in [0.4, 0.5) is 0 Å². The Kier molecular flexibility index (Phi) is 5.56. The molecule has 0 fully saturated rings. The van der Waals surface area contributed by atoms with Crippen LogP contribution in [0, 0.1) is 0 Å². The van der Waals surface area contributed by atoms with E-state index >= 15 is 0 Å². The van der Waals surface area contributed by atoms with Crippen molar-refractivity contribution in [3.05, 3.63) is 58.9 Å². The Morgan fingerprint density at radius 3 is 2.29 bits per heavy atom. The van der Waals surface area contributed by atoms with E-state index in [1.165, 1.54) is 0 Å². The fourth-order valence-electron chi connectivity index (χ4n) is 2.02. The molecule has 0 aliphatic heterocycles. The van der Waals surface area contributed by atoms with Crippen molar-refractivity contribution >= 4 is 11.6 Å². The minimum Gasteiger partial charge on any atom is -0.497 e. The van der Waals surface area contributed by atoms with Crippen LogP contribution in [-0.2, 0) is 13.1 Å². The summed E-state index contributed by atoms with van der Waals surface area (Å²) in [6.45, 7) is 3.00. The number of aliphatic hydroxyl groups is 1. The number of rotatable bonds is 6. The van der Waals surface area contributed by atoms with Crippen molar-refractivity contribution in [3.8, 4) is 5.75 Å². The molecule has 0 saturated heterocycles. The molecule has 1 aromatic carbocycles. The third-order valence-corrected chi connectivity index (χ3v) is 3.47. The zero-order valence-corrected chi connectivity index (χ0v) is 12.9. The van der Waals surface area contributed by atoms with Gasteiger partial charge in [0.2, 0.25) is 0 Å². The molecule has 5 heteroatoms. The van der Waals surface area contributed by atoms with Crippen LogP contribution in [0.15, 0.2) is 42.6 Å². The Morgan fingerprint density at radius 1 is 1.14 bits per heavy atom. The van der Waals surface area contributed by atoms with Crippen molar-refractivity contribution < 1.29 is 9.84 Å². The van der Waals surface area contributed by atoms with E-state index in [2.05, 4.69) is 4.98 Å². The molecular formula is C16H19ClN2O2. The molecular weight excluding hydrogens is 288 g/mol. The minimum absolute atomic E-state index is 0.470. The van der Waals surface area contributed by atoms with Crippen molar-refractivity contribution in [3.63, 3.8) is 0 Å². The summed E-state index contributed by atoms with van der Waals surface area (Å²) < 4.78 is 5.14. The summed E-state index contributed by atoms with van der Waals surface area (Å²) in [4.78, 5) is 6.01. The number of hydrogen-bond acceptors (Lipinski definition) is 4. The third kappa shape index (κ3) is 4.70. The van der Waals surface area contributed by atoms with E-state index < -0.39 is 6.23 Å². The second kappa shape index (κ2) is 7.41. The summed E-state index contributed by atoms with van der Waals surface area (Å²) in [5, 5.41) is 10.4.